The number of hydrogen-bond donors (Lipinski definition) is 0. The fraction of sp³-hybridized carbons (Fsp3) is 0.167. The Morgan fingerprint density at radius 3 is 2.35 bits per heavy atom. The number of hydrogen-bond acceptors (Lipinski definition) is 4. The first-order chi connectivity index (χ1) is 11.1. The van der Waals surface area contributed by atoms with Gasteiger partial charge in [-0.3, -0.25) is 4.79 Å². The third-order valence-corrected chi connectivity index (χ3v) is 3.77. The summed E-state index contributed by atoms with van der Waals surface area (Å²) >= 11 is 3.41. The molecule has 0 spiro atoms. The van der Waals surface area contributed by atoms with Crippen LogP contribution in [0.2, 0.25) is 0 Å². The van der Waals surface area contributed by atoms with Crippen molar-refractivity contribution in [1.82, 2.24) is 0 Å². The van der Waals surface area contributed by atoms with Gasteiger partial charge >= 0.3 is 0 Å². The summed E-state index contributed by atoms with van der Waals surface area (Å²) in [6, 6.07) is 10.7. The average molecular weight is 377 g/mol. The van der Waals surface area contributed by atoms with Crippen LogP contribution in [0.5, 0.6) is 17.2 Å². The molecule has 0 N–H and O–H groups in total. The number of ether oxygens (including phenoxy) is 3. The summed E-state index contributed by atoms with van der Waals surface area (Å²) in [6.45, 7) is 0. The van der Waals surface area contributed by atoms with E-state index in [4.69, 9.17) is 14.2 Å². The third-order valence-electron chi connectivity index (χ3n) is 3.28. The molecule has 0 aliphatic carbocycles. The van der Waals surface area contributed by atoms with Crippen LogP contribution in [0.25, 0.3) is 6.08 Å². The summed E-state index contributed by atoms with van der Waals surface area (Å²) in [5.41, 5.74) is 1.28. The van der Waals surface area contributed by atoms with E-state index < -0.39 is 0 Å². The molecule has 120 valence electrons. The molecule has 0 saturated carbocycles. The Morgan fingerprint density at radius 1 is 0.957 bits per heavy atom. The van der Waals surface area contributed by atoms with Crippen molar-refractivity contribution in [3.8, 4) is 17.2 Å². The summed E-state index contributed by atoms with van der Waals surface area (Å²) < 4.78 is 16.6. The highest BCUT2D eigenvalue weighted by Crippen LogP contribution is 2.27. The van der Waals surface area contributed by atoms with Crippen LogP contribution >= 0.6 is 15.9 Å². The van der Waals surface area contributed by atoms with E-state index in [0.717, 1.165) is 10.0 Å². The van der Waals surface area contributed by atoms with Crippen molar-refractivity contribution in [3.05, 3.63) is 58.1 Å². The largest absolute Gasteiger partial charge is 0.497 e. The lowest BCUT2D eigenvalue weighted by Crippen LogP contribution is -1.99. The molecule has 0 aromatic heterocycles. The molecule has 0 saturated heterocycles. The van der Waals surface area contributed by atoms with E-state index in [-0.39, 0.29) is 5.78 Å². The molecule has 0 aliphatic heterocycles. The topological polar surface area (TPSA) is 44.8 Å². The number of carbonyl (C=O) groups excluding carboxylic acids is 1. The van der Waals surface area contributed by atoms with E-state index in [2.05, 4.69) is 15.9 Å². The first-order valence-corrected chi connectivity index (χ1v) is 7.66. The van der Waals surface area contributed by atoms with Gasteiger partial charge in [-0.25, -0.2) is 0 Å². The number of carbonyl (C=O) groups is 1. The zero-order valence-electron chi connectivity index (χ0n) is 13.1. The van der Waals surface area contributed by atoms with Crippen molar-refractivity contribution in [2.75, 3.05) is 21.3 Å². The van der Waals surface area contributed by atoms with Crippen molar-refractivity contribution in [2.24, 2.45) is 0 Å². The van der Waals surface area contributed by atoms with Gasteiger partial charge in [-0.1, -0.05) is 15.9 Å². The molecule has 0 bridgehead atoms. The van der Waals surface area contributed by atoms with Crippen LogP contribution < -0.4 is 14.2 Å². The number of methoxy groups -OCH3 is 3. The Bertz CT molecular complexity index is 738. The highest BCUT2D eigenvalue weighted by atomic mass is 79.9. The number of benzene rings is 2. The first kappa shape index (κ1) is 17.1. The maximum atomic E-state index is 12.4. The number of halogens is 1. The lowest BCUT2D eigenvalue weighted by molar-refractivity contribution is 0.104. The maximum Gasteiger partial charge on any atom is 0.189 e. The van der Waals surface area contributed by atoms with Crippen molar-refractivity contribution >= 4 is 27.8 Å². The van der Waals surface area contributed by atoms with E-state index in [1.165, 1.54) is 13.2 Å². The van der Waals surface area contributed by atoms with Gasteiger partial charge in [0.05, 0.1) is 26.9 Å². The van der Waals surface area contributed by atoms with E-state index in [0.29, 0.717) is 22.8 Å². The molecule has 0 fully saturated rings. The predicted molar refractivity (Wildman–Crippen MR) is 93.6 cm³/mol. The Morgan fingerprint density at radius 2 is 1.70 bits per heavy atom. The molecule has 0 heterocycles. The van der Waals surface area contributed by atoms with Crippen LogP contribution in [-0.4, -0.2) is 27.1 Å². The van der Waals surface area contributed by atoms with Crippen LogP contribution in [0.4, 0.5) is 0 Å². The zero-order valence-corrected chi connectivity index (χ0v) is 14.7. The number of rotatable bonds is 6. The van der Waals surface area contributed by atoms with Crippen LogP contribution in [0.3, 0.4) is 0 Å². The Balaban J connectivity index is 2.30. The van der Waals surface area contributed by atoms with Gasteiger partial charge in [0.1, 0.15) is 17.2 Å². The van der Waals surface area contributed by atoms with Crippen LogP contribution in [-0.2, 0) is 0 Å². The highest BCUT2D eigenvalue weighted by molar-refractivity contribution is 9.10. The number of allylic oxidation sites excluding steroid dienone is 1. The van der Waals surface area contributed by atoms with Crippen molar-refractivity contribution in [2.45, 2.75) is 0 Å². The van der Waals surface area contributed by atoms with Gasteiger partial charge in [0.2, 0.25) is 0 Å². The monoisotopic (exact) mass is 376 g/mol. The maximum absolute atomic E-state index is 12.4. The first-order valence-electron chi connectivity index (χ1n) is 6.87. The molecule has 4 nitrogen and oxygen atoms in total. The lowest BCUT2D eigenvalue weighted by Gasteiger charge is -2.08. The van der Waals surface area contributed by atoms with Gasteiger partial charge in [-0.05, 0) is 42.5 Å². The van der Waals surface area contributed by atoms with E-state index in [1.807, 2.05) is 18.2 Å². The number of ketones is 1. The molecule has 2 aromatic rings. The van der Waals surface area contributed by atoms with Crippen molar-refractivity contribution in [1.29, 1.82) is 0 Å². The summed E-state index contributed by atoms with van der Waals surface area (Å²) in [5, 5.41) is 0. The Hall–Kier alpha value is -2.27. The highest BCUT2D eigenvalue weighted by Gasteiger charge is 2.11. The van der Waals surface area contributed by atoms with Gasteiger partial charge < -0.3 is 14.2 Å². The molecule has 0 aliphatic rings. The molecule has 5 heteroatoms. The van der Waals surface area contributed by atoms with E-state index in [9.17, 15) is 4.79 Å². The summed E-state index contributed by atoms with van der Waals surface area (Å²) in [7, 11) is 4.68. The predicted octanol–water partition coefficient (Wildman–Crippen LogP) is 4.37. The minimum Gasteiger partial charge on any atom is -0.497 e. The molecule has 0 radical (unpaired) electrons. The second kappa shape index (κ2) is 7.83. The lowest BCUT2D eigenvalue weighted by atomic mass is 10.1. The van der Waals surface area contributed by atoms with E-state index >= 15 is 0 Å². The third kappa shape index (κ3) is 4.13. The van der Waals surface area contributed by atoms with Crippen LogP contribution in [0.1, 0.15) is 15.9 Å². The normalized spacial score (nSPS) is 10.6. The molecule has 0 amide bonds. The van der Waals surface area contributed by atoms with Crippen molar-refractivity contribution in [3.63, 3.8) is 0 Å². The fourth-order valence-corrected chi connectivity index (χ4v) is 2.47. The zero-order chi connectivity index (χ0) is 16.8. The van der Waals surface area contributed by atoms with Crippen LogP contribution in [0.15, 0.2) is 46.9 Å². The molecule has 0 unspecified atom stereocenters. The average Bonchev–Trinajstić information content (AvgIpc) is 2.59. The summed E-state index contributed by atoms with van der Waals surface area (Å²) in [5.74, 6) is 1.64. The smallest absolute Gasteiger partial charge is 0.189 e. The van der Waals surface area contributed by atoms with Crippen LogP contribution in [0, 0.1) is 0 Å². The molecular formula is C18H17BrO4. The Kier molecular flexibility index (Phi) is 5.82. The standard InChI is InChI=1S/C18H17BrO4/c1-21-14-6-7-15(18(11-14)23-3)16(20)8-4-12-10-13(19)5-9-17(12)22-2/h4-11H,1-3H3. The molecular weight excluding hydrogens is 360 g/mol. The Labute approximate surface area is 143 Å². The minimum absolute atomic E-state index is 0.161. The quantitative estimate of drug-likeness (QED) is 0.554. The van der Waals surface area contributed by atoms with Gasteiger partial charge in [0, 0.05) is 16.1 Å². The fourth-order valence-electron chi connectivity index (χ4n) is 2.09. The molecule has 2 rings (SSSR count). The minimum atomic E-state index is -0.161. The second-order valence-electron chi connectivity index (χ2n) is 4.65. The summed E-state index contributed by atoms with van der Waals surface area (Å²) in [4.78, 5) is 12.4. The second-order valence-corrected chi connectivity index (χ2v) is 5.57. The van der Waals surface area contributed by atoms with Gasteiger partial charge in [0.15, 0.2) is 5.78 Å². The molecule has 23 heavy (non-hydrogen) atoms. The molecule has 0 atom stereocenters. The van der Waals surface area contributed by atoms with Crippen molar-refractivity contribution < 1.29 is 19.0 Å². The van der Waals surface area contributed by atoms with Gasteiger partial charge in [-0.2, -0.15) is 0 Å². The van der Waals surface area contributed by atoms with Gasteiger partial charge in [-0.15, -0.1) is 0 Å². The molecule has 2 aromatic carbocycles. The summed E-state index contributed by atoms with van der Waals surface area (Å²) in [6.07, 6.45) is 3.21. The van der Waals surface area contributed by atoms with E-state index in [1.54, 1.807) is 38.5 Å². The van der Waals surface area contributed by atoms with Gasteiger partial charge in [0.25, 0.3) is 0 Å². The SMILES string of the molecule is COc1ccc(C(=O)C=Cc2cc(Br)ccc2OC)c(OC)c1.